The Labute approximate surface area is 67.7 Å². The Morgan fingerprint density at radius 2 is 2.10 bits per heavy atom. The first kappa shape index (κ1) is 9.57. The number of hydrogen-bond donors (Lipinski definition) is 0. The second-order valence-corrected chi connectivity index (χ2v) is 2.87. The van der Waals surface area contributed by atoms with Crippen LogP contribution in [0.3, 0.4) is 0 Å². The molecular formula is C9H14S. The average Bonchev–Trinajstić information content (AvgIpc) is 1.99. The number of hydrogen-bond acceptors (Lipinski definition) is 1. The summed E-state index contributed by atoms with van der Waals surface area (Å²) < 4.78 is 0. The van der Waals surface area contributed by atoms with Crippen molar-refractivity contribution in [1.29, 1.82) is 0 Å². The summed E-state index contributed by atoms with van der Waals surface area (Å²) in [6, 6.07) is 0. The van der Waals surface area contributed by atoms with Crippen LogP contribution in [0.2, 0.25) is 0 Å². The molecule has 0 aromatic carbocycles. The van der Waals surface area contributed by atoms with E-state index >= 15 is 0 Å². The van der Waals surface area contributed by atoms with Crippen LogP contribution in [0.25, 0.3) is 0 Å². The Morgan fingerprint density at radius 3 is 2.40 bits per heavy atom. The molecule has 10 heavy (non-hydrogen) atoms. The monoisotopic (exact) mass is 154 g/mol. The highest BCUT2D eigenvalue weighted by Gasteiger charge is 1.86. The van der Waals surface area contributed by atoms with Crippen LogP contribution in [0.1, 0.15) is 13.8 Å². The molecule has 0 radical (unpaired) electrons. The summed E-state index contributed by atoms with van der Waals surface area (Å²) in [6.07, 6.45) is 8.13. The van der Waals surface area contributed by atoms with E-state index in [9.17, 15) is 0 Å². The molecule has 0 amide bonds. The van der Waals surface area contributed by atoms with Crippen LogP contribution in [-0.2, 0) is 0 Å². The van der Waals surface area contributed by atoms with Crippen molar-refractivity contribution in [3.05, 3.63) is 35.3 Å². The summed E-state index contributed by atoms with van der Waals surface area (Å²) in [7, 11) is 0. The zero-order valence-electron chi connectivity index (χ0n) is 6.85. The predicted molar refractivity (Wildman–Crippen MR) is 51.2 cm³/mol. The van der Waals surface area contributed by atoms with Crippen LogP contribution in [0.15, 0.2) is 35.3 Å². The number of thioether (sulfide) groups is 1. The minimum atomic E-state index is 1.22. The summed E-state index contributed by atoms with van der Waals surface area (Å²) >= 11 is 1.72. The molecular weight excluding hydrogens is 140 g/mol. The van der Waals surface area contributed by atoms with Gasteiger partial charge in [-0.05, 0) is 26.2 Å². The molecule has 0 N–H and O–H groups in total. The third-order valence-corrected chi connectivity index (χ3v) is 2.02. The fourth-order valence-electron chi connectivity index (χ4n) is 0.509. The fourth-order valence-corrected chi connectivity index (χ4v) is 0.979. The van der Waals surface area contributed by atoms with Gasteiger partial charge in [0, 0.05) is 4.91 Å². The van der Waals surface area contributed by atoms with Gasteiger partial charge in [-0.3, -0.25) is 0 Å². The zero-order valence-corrected chi connectivity index (χ0v) is 7.66. The highest BCUT2D eigenvalue weighted by Crippen LogP contribution is 2.14. The van der Waals surface area contributed by atoms with Gasteiger partial charge in [0.15, 0.2) is 0 Å². The van der Waals surface area contributed by atoms with Crippen LogP contribution >= 0.6 is 11.8 Å². The van der Waals surface area contributed by atoms with E-state index in [2.05, 4.69) is 31.9 Å². The maximum atomic E-state index is 3.70. The summed E-state index contributed by atoms with van der Waals surface area (Å²) in [5, 5.41) is 0. The third-order valence-electron chi connectivity index (χ3n) is 1.26. The Hall–Kier alpha value is -0.430. The predicted octanol–water partition coefficient (Wildman–Crippen LogP) is 3.39. The minimum Gasteiger partial charge on any atom is -0.130 e. The van der Waals surface area contributed by atoms with Crippen molar-refractivity contribution >= 4 is 11.8 Å². The van der Waals surface area contributed by atoms with E-state index in [0.29, 0.717) is 0 Å². The lowest BCUT2D eigenvalue weighted by atomic mass is 10.2. The molecule has 56 valence electrons. The van der Waals surface area contributed by atoms with Crippen LogP contribution < -0.4 is 0 Å². The van der Waals surface area contributed by atoms with Crippen molar-refractivity contribution in [2.45, 2.75) is 13.8 Å². The van der Waals surface area contributed by atoms with Crippen molar-refractivity contribution in [2.24, 2.45) is 0 Å². The lowest BCUT2D eigenvalue weighted by Crippen LogP contribution is -1.70. The number of rotatable bonds is 3. The first-order chi connectivity index (χ1) is 4.74. The van der Waals surface area contributed by atoms with Crippen LogP contribution in [0, 0.1) is 0 Å². The van der Waals surface area contributed by atoms with Crippen molar-refractivity contribution < 1.29 is 0 Å². The standard InChI is InChI=1S/C9H14S/c1-5-8(3)7-9(6-2)10-4/h5-7H,2H2,1,3-4H3/b8-5-,9-7+. The Balaban J connectivity index is 4.24. The summed E-state index contributed by atoms with van der Waals surface area (Å²) in [6.45, 7) is 7.82. The first-order valence-corrected chi connectivity index (χ1v) is 4.48. The van der Waals surface area contributed by atoms with Gasteiger partial charge in [-0.25, -0.2) is 0 Å². The van der Waals surface area contributed by atoms with Gasteiger partial charge in [0.05, 0.1) is 0 Å². The largest absolute Gasteiger partial charge is 0.130 e. The normalized spacial score (nSPS) is 13.5. The third kappa shape index (κ3) is 3.57. The summed E-state index contributed by atoms with van der Waals surface area (Å²) in [5.74, 6) is 0. The van der Waals surface area contributed by atoms with Gasteiger partial charge in [0.1, 0.15) is 0 Å². The second-order valence-electron chi connectivity index (χ2n) is 1.99. The molecule has 0 aliphatic heterocycles. The molecule has 0 nitrogen and oxygen atoms in total. The SMILES string of the molecule is C=C/C(=C\C(C)=C/C)SC. The van der Waals surface area contributed by atoms with Crippen LogP contribution in [0.5, 0.6) is 0 Å². The van der Waals surface area contributed by atoms with Crippen LogP contribution in [0.4, 0.5) is 0 Å². The first-order valence-electron chi connectivity index (χ1n) is 3.25. The van der Waals surface area contributed by atoms with Crippen molar-refractivity contribution in [3.8, 4) is 0 Å². The molecule has 0 heterocycles. The minimum absolute atomic E-state index is 1.22. The maximum Gasteiger partial charge on any atom is 0.00657 e. The quantitative estimate of drug-likeness (QED) is 0.561. The lowest BCUT2D eigenvalue weighted by molar-refractivity contribution is 1.47. The second kappa shape index (κ2) is 5.36. The molecule has 0 spiro atoms. The molecule has 0 saturated carbocycles. The zero-order chi connectivity index (χ0) is 7.98. The lowest BCUT2D eigenvalue weighted by Gasteiger charge is -1.94. The van der Waals surface area contributed by atoms with E-state index in [-0.39, 0.29) is 0 Å². The molecule has 0 rings (SSSR count). The molecule has 0 atom stereocenters. The van der Waals surface area contributed by atoms with Gasteiger partial charge in [-0.2, -0.15) is 0 Å². The van der Waals surface area contributed by atoms with Crippen molar-refractivity contribution in [1.82, 2.24) is 0 Å². The fraction of sp³-hybridized carbons (Fsp3) is 0.333. The molecule has 0 fully saturated rings. The Bertz CT molecular complexity index is 164. The number of allylic oxidation sites excluding steroid dienone is 4. The van der Waals surface area contributed by atoms with Gasteiger partial charge < -0.3 is 0 Å². The van der Waals surface area contributed by atoms with E-state index in [4.69, 9.17) is 0 Å². The van der Waals surface area contributed by atoms with Crippen molar-refractivity contribution in [2.75, 3.05) is 6.26 Å². The van der Waals surface area contributed by atoms with Gasteiger partial charge in [-0.15, -0.1) is 11.8 Å². The van der Waals surface area contributed by atoms with Gasteiger partial charge in [0.2, 0.25) is 0 Å². The molecule has 0 saturated heterocycles. The molecule has 0 aliphatic rings. The average molecular weight is 154 g/mol. The van der Waals surface area contributed by atoms with Crippen molar-refractivity contribution in [3.63, 3.8) is 0 Å². The Morgan fingerprint density at radius 1 is 1.50 bits per heavy atom. The maximum absolute atomic E-state index is 3.70. The van der Waals surface area contributed by atoms with E-state index in [0.717, 1.165) is 0 Å². The van der Waals surface area contributed by atoms with Gasteiger partial charge >= 0.3 is 0 Å². The van der Waals surface area contributed by atoms with Gasteiger partial charge in [0.25, 0.3) is 0 Å². The molecule has 0 bridgehead atoms. The molecule has 0 aromatic rings. The van der Waals surface area contributed by atoms with E-state index < -0.39 is 0 Å². The smallest absolute Gasteiger partial charge is 0.00657 e. The summed E-state index contributed by atoms with van der Waals surface area (Å²) in [5.41, 5.74) is 1.28. The summed E-state index contributed by atoms with van der Waals surface area (Å²) in [4.78, 5) is 1.22. The van der Waals surface area contributed by atoms with E-state index in [1.165, 1.54) is 10.5 Å². The Kier molecular flexibility index (Phi) is 5.13. The molecule has 0 aliphatic carbocycles. The molecule has 1 heteroatoms. The molecule has 0 aromatic heterocycles. The topological polar surface area (TPSA) is 0 Å². The van der Waals surface area contributed by atoms with Crippen LogP contribution in [-0.4, -0.2) is 6.26 Å². The van der Waals surface area contributed by atoms with E-state index in [1.54, 1.807) is 11.8 Å². The highest BCUT2D eigenvalue weighted by atomic mass is 32.2. The van der Waals surface area contributed by atoms with Gasteiger partial charge in [-0.1, -0.05) is 24.3 Å². The van der Waals surface area contributed by atoms with E-state index in [1.807, 2.05) is 13.0 Å². The highest BCUT2D eigenvalue weighted by molar-refractivity contribution is 8.02. The molecule has 0 unspecified atom stereocenters.